The van der Waals surface area contributed by atoms with Gasteiger partial charge in [-0.3, -0.25) is 4.79 Å². The summed E-state index contributed by atoms with van der Waals surface area (Å²) >= 11 is 0. The van der Waals surface area contributed by atoms with Crippen LogP contribution in [-0.2, 0) is 16.1 Å². The lowest BCUT2D eigenvalue weighted by Crippen LogP contribution is -2.43. The van der Waals surface area contributed by atoms with Gasteiger partial charge >= 0.3 is 0 Å². The van der Waals surface area contributed by atoms with Crippen molar-refractivity contribution in [3.63, 3.8) is 0 Å². The van der Waals surface area contributed by atoms with Gasteiger partial charge in [-0.25, -0.2) is 4.98 Å². The molecule has 0 saturated heterocycles. The standard InChI is InChI=1S/C13H24N4O2/c1-12(13(18)16-7-10-19-2)15-5-3-4-8-17-9-6-14-11-17/h6,9,11-12,15H,3-5,7-8,10H2,1-2H3,(H,16,18). The maximum atomic E-state index is 11.6. The number of aryl methyl sites for hydroxylation is 1. The summed E-state index contributed by atoms with van der Waals surface area (Å²) < 4.78 is 6.93. The van der Waals surface area contributed by atoms with Gasteiger partial charge in [0.25, 0.3) is 0 Å². The molecule has 0 aliphatic carbocycles. The molecule has 1 heterocycles. The first-order valence-corrected chi connectivity index (χ1v) is 6.70. The van der Waals surface area contributed by atoms with Crippen LogP contribution >= 0.6 is 0 Å². The van der Waals surface area contributed by atoms with Crippen LogP contribution in [0.3, 0.4) is 0 Å². The van der Waals surface area contributed by atoms with Gasteiger partial charge < -0.3 is 19.9 Å². The second-order valence-corrected chi connectivity index (χ2v) is 4.47. The summed E-state index contributed by atoms with van der Waals surface area (Å²) in [6.07, 6.45) is 7.67. The van der Waals surface area contributed by atoms with Crippen molar-refractivity contribution in [2.24, 2.45) is 0 Å². The van der Waals surface area contributed by atoms with Gasteiger partial charge in [-0.05, 0) is 26.3 Å². The van der Waals surface area contributed by atoms with E-state index in [1.165, 1.54) is 0 Å². The molecule has 19 heavy (non-hydrogen) atoms. The Bertz CT molecular complexity index is 340. The number of carbonyl (C=O) groups is 1. The molecule has 0 spiro atoms. The fraction of sp³-hybridized carbons (Fsp3) is 0.692. The number of unbranched alkanes of at least 4 members (excludes halogenated alkanes) is 1. The summed E-state index contributed by atoms with van der Waals surface area (Å²) in [5.74, 6) is 0.0201. The summed E-state index contributed by atoms with van der Waals surface area (Å²) in [7, 11) is 1.62. The van der Waals surface area contributed by atoms with E-state index in [0.717, 1.165) is 25.9 Å². The van der Waals surface area contributed by atoms with E-state index in [0.29, 0.717) is 13.2 Å². The van der Waals surface area contributed by atoms with Gasteiger partial charge in [0, 0.05) is 32.6 Å². The van der Waals surface area contributed by atoms with Crippen molar-refractivity contribution in [3.05, 3.63) is 18.7 Å². The van der Waals surface area contributed by atoms with E-state index in [1.54, 1.807) is 13.3 Å². The Morgan fingerprint density at radius 1 is 1.42 bits per heavy atom. The van der Waals surface area contributed by atoms with Crippen molar-refractivity contribution in [2.45, 2.75) is 32.4 Å². The third kappa shape index (κ3) is 6.93. The summed E-state index contributed by atoms with van der Waals surface area (Å²) in [5, 5.41) is 6.02. The SMILES string of the molecule is COCCNC(=O)C(C)NCCCCn1ccnc1. The average Bonchev–Trinajstić information content (AvgIpc) is 2.91. The molecule has 0 bridgehead atoms. The molecule has 6 heteroatoms. The predicted octanol–water partition coefficient (Wildman–Crippen LogP) is 0.404. The molecule has 6 nitrogen and oxygen atoms in total. The largest absolute Gasteiger partial charge is 0.383 e. The van der Waals surface area contributed by atoms with Crippen LogP contribution in [0.4, 0.5) is 0 Å². The molecule has 0 fully saturated rings. The maximum absolute atomic E-state index is 11.6. The Labute approximate surface area is 114 Å². The zero-order valence-electron chi connectivity index (χ0n) is 11.8. The van der Waals surface area contributed by atoms with Gasteiger partial charge in [-0.15, -0.1) is 0 Å². The number of imidazole rings is 1. The van der Waals surface area contributed by atoms with Crippen molar-refractivity contribution in [1.82, 2.24) is 20.2 Å². The second-order valence-electron chi connectivity index (χ2n) is 4.47. The summed E-state index contributed by atoms with van der Waals surface area (Å²) in [5.41, 5.74) is 0. The van der Waals surface area contributed by atoms with E-state index in [9.17, 15) is 4.79 Å². The quantitative estimate of drug-likeness (QED) is 0.603. The lowest BCUT2D eigenvalue weighted by Gasteiger charge is -2.13. The molecule has 1 amide bonds. The molecular formula is C13H24N4O2. The van der Waals surface area contributed by atoms with E-state index < -0.39 is 0 Å². The molecule has 1 aromatic heterocycles. The molecule has 0 aliphatic rings. The van der Waals surface area contributed by atoms with Crippen molar-refractivity contribution in [3.8, 4) is 0 Å². The first-order valence-electron chi connectivity index (χ1n) is 6.70. The van der Waals surface area contributed by atoms with E-state index in [2.05, 4.69) is 20.2 Å². The molecule has 1 unspecified atom stereocenters. The lowest BCUT2D eigenvalue weighted by molar-refractivity contribution is -0.122. The Balaban J connectivity index is 2.00. The predicted molar refractivity (Wildman–Crippen MR) is 73.8 cm³/mol. The van der Waals surface area contributed by atoms with Crippen molar-refractivity contribution in [2.75, 3.05) is 26.8 Å². The first kappa shape index (κ1) is 15.7. The summed E-state index contributed by atoms with van der Waals surface area (Å²) in [6, 6.07) is -0.162. The van der Waals surface area contributed by atoms with Crippen LogP contribution in [0.15, 0.2) is 18.7 Å². The number of nitrogens with one attached hydrogen (secondary N) is 2. The highest BCUT2D eigenvalue weighted by atomic mass is 16.5. The third-order valence-electron chi connectivity index (χ3n) is 2.85. The van der Waals surface area contributed by atoms with Gasteiger partial charge in [0.2, 0.25) is 5.91 Å². The fourth-order valence-electron chi connectivity index (χ4n) is 1.68. The van der Waals surface area contributed by atoms with Crippen molar-refractivity contribution >= 4 is 5.91 Å². The normalized spacial score (nSPS) is 12.3. The first-order chi connectivity index (χ1) is 9.24. The smallest absolute Gasteiger partial charge is 0.236 e. The molecular weight excluding hydrogens is 244 g/mol. The minimum absolute atomic E-state index is 0.0201. The minimum atomic E-state index is -0.162. The molecule has 0 radical (unpaired) electrons. The van der Waals surface area contributed by atoms with E-state index in [1.807, 2.05) is 19.4 Å². The molecule has 1 atom stereocenters. The number of amides is 1. The van der Waals surface area contributed by atoms with Crippen molar-refractivity contribution < 1.29 is 9.53 Å². The summed E-state index contributed by atoms with van der Waals surface area (Å²) in [6.45, 7) is 4.78. The average molecular weight is 268 g/mol. The number of ether oxygens (including phenoxy) is 1. The highest BCUT2D eigenvalue weighted by Gasteiger charge is 2.10. The zero-order valence-corrected chi connectivity index (χ0v) is 11.8. The molecule has 108 valence electrons. The van der Waals surface area contributed by atoms with Crippen LogP contribution in [0, 0.1) is 0 Å². The molecule has 0 aromatic carbocycles. The number of aromatic nitrogens is 2. The van der Waals surface area contributed by atoms with Gasteiger partial charge in [0.1, 0.15) is 0 Å². The topological polar surface area (TPSA) is 68.2 Å². The highest BCUT2D eigenvalue weighted by Crippen LogP contribution is 1.94. The Morgan fingerprint density at radius 3 is 2.95 bits per heavy atom. The third-order valence-corrected chi connectivity index (χ3v) is 2.85. The van der Waals surface area contributed by atoms with Crippen LogP contribution in [0.1, 0.15) is 19.8 Å². The maximum Gasteiger partial charge on any atom is 0.236 e. The minimum Gasteiger partial charge on any atom is -0.383 e. The fourth-order valence-corrected chi connectivity index (χ4v) is 1.68. The van der Waals surface area contributed by atoms with Gasteiger partial charge in [-0.1, -0.05) is 0 Å². The van der Waals surface area contributed by atoms with Crippen LogP contribution < -0.4 is 10.6 Å². The molecule has 0 aliphatic heterocycles. The Kier molecular flexibility index (Phi) is 7.84. The number of carbonyl (C=O) groups excluding carboxylic acids is 1. The highest BCUT2D eigenvalue weighted by molar-refractivity contribution is 5.81. The van der Waals surface area contributed by atoms with Crippen LogP contribution in [-0.4, -0.2) is 48.3 Å². The van der Waals surface area contributed by atoms with Gasteiger partial charge in [0.15, 0.2) is 0 Å². The molecule has 0 saturated carbocycles. The molecule has 2 N–H and O–H groups in total. The van der Waals surface area contributed by atoms with E-state index >= 15 is 0 Å². The van der Waals surface area contributed by atoms with Gasteiger partial charge in [0.05, 0.1) is 19.0 Å². The molecule has 1 aromatic rings. The number of methoxy groups -OCH3 is 1. The number of nitrogens with zero attached hydrogens (tertiary/aromatic N) is 2. The number of hydrogen-bond acceptors (Lipinski definition) is 4. The number of hydrogen-bond donors (Lipinski definition) is 2. The van der Waals surface area contributed by atoms with Gasteiger partial charge in [-0.2, -0.15) is 0 Å². The zero-order chi connectivity index (χ0) is 13.9. The number of rotatable bonds is 10. The lowest BCUT2D eigenvalue weighted by atomic mass is 10.2. The Hall–Kier alpha value is -1.40. The van der Waals surface area contributed by atoms with Crippen LogP contribution in [0.5, 0.6) is 0 Å². The van der Waals surface area contributed by atoms with E-state index in [4.69, 9.17) is 4.74 Å². The second kappa shape index (κ2) is 9.52. The van der Waals surface area contributed by atoms with Crippen LogP contribution in [0.2, 0.25) is 0 Å². The van der Waals surface area contributed by atoms with Crippen LogP contribution in [0.25, 0.3) is 0 Å². The monoisotopic (exact) mass is 268 g/mol. The van der Waals surface area contributed by atoms with E-state index in [-0.39, 0.29) is 11.9 Å². The van der Waals surface area contributed by atoms with Crippen molar-refractivity contribution in [1.29, 1.82) is 0 Å². The molecule has 1 rings (SSSR count). The Morgan fingerprint density at radius 2 is 2.26 bits per heavy atom. The summed E-state index contributed by atoms with van der Waals surface area (Å²) in [4.78, 5) is 15.6.